The van der Waals surface area contributed by atoms with Crippen LogP contribution in [-0.4, -0.2) is 50.4 Å². The van der Waals surface area contributed by atoms with E-state index in [1.165, 1.54) is 16.8 Å². The van der Waals surface area contributed by atoms with Gasteiger partial charge in [0.2, 0.25) is 0 Å². The quantitative estimate of drug-likeness (QED) is 0.248. The number of nitrogens with one attached hydrogen (secondary N) is 2. The van der Waals surface area contributed by atoms with Crippen LogP contribution in [-0.2, 0) is 21.3 Å². The standard InChI is InChI=1S/C32H28ClN5O5S/c33-26-12-6-7-13-27(26)36-44(41,42)23-14-15-29(37-16-18-43-19-17-37)28(20-23)34-31(39)30-24-10-4-5-11-25(24)32(40)38(35-30)21-22-8-2-1-3-9-22/h1-15,20,36H,16-19,21H2,(H,34,39). The summed E-state index contributed by atoms with van der Waals surface area (Å²) in [6.07, 6.45) is 0. The summed E-state index contributed by atoms with van der Waals surface area (Å²) in [6.45, 7) is 2.24. The molecule has 1 aliphatic rings. The summed E-state index contributed by atoms with van der Waals surface area (Å²) in [5, 5.41) is 8.36. The van der Waals surface area contributed by atoms with E-state index in [9.17, 15) is 18.0 Å². The number of nitrogens with zero attached hydrogens (tertiary/aromatic N) is 3. The average Bonchev–Trinajstić information content (AvgIpc) is 3.04. The first-order valence-corrected chi connectivity index (χ1v) is 15.8. The highest BCUT2D eigenvalue weighted by Gasteiger charge is 2.24. The van der Waals surface area contributed by atoms with Crippen molar-refractivity contribution in [1.82, 2.24) is 9.78 Å². The Balaban J connectivity index is 1.40. The van der Waals surface area contributed by atoms with E-state index in [0.717, 1.165) is 5.56 Å². The maximum atomic E-state index is 14.0. The minimum Gasteiger partial charge on any atom is -0.378 e. The third kappa shape index (κ3) is 6.16. The fourth-order valence-electron chi connectivity index (χ4n) is 5.06. The van der Waals surface area contributed by atoms with Gasteiger partial charge in [-0.2, -0.15) is 5.10 Å². The van der Waals surface area contributed by atoms with E-state index in [-0.39, 0.29) is 39.1 Å². The molecule has 0 atom stereocenters. The summed E-state index contributed by atoms with van der Waals surface area (Å²) >= 11 is 6.20. The van der Waals surface area contributed by atoms with Crippen molar-refractivity contribution < 1.29 is 17.9 Å². The van der Waals surface area contributed by atoms with Gasteiger partial charge in [-0.1, -0.05) is 72.3 Å². The van der Waals surface area contributed by atoms with Crippen LogP contribution < -0.4 is 20.5 Å². The molecular weight excluding hydrogens is 602 g/mol. The fraction of sp³-hybridized carbons (Fsp3) is 0.156. The van der Waals surface area contributed by atoms with Crippen molar-refractivity contribution >= 4 is 55.4 Å². The van der Waals surface area contributed by atoms with Crippen LogP contribution in [0.15, 0.2) is 107 Å². The lowest BCUT2D eigenvalue weighted by atomic mass is 10.1. The molecule has 224 valence electrons. The lowest BCUT2D eigenvalue weighted by Crippen LogP contribution is -2.37. The Morgan fingerprint density at radius 2 is 1.55 bits per heavy atom. The van der Waals surface area contributed by atoms with E-state index in [1.807, 2.05) is 35.2 Å². The molecule has 4 aromatic carbocycles. The Kier molecular flexibility index (Phi) is 8.34. The minimum atomic E-state index is -4.08. The molecule has 0 aliphatic carbocycles. The molecule has 12 heteroatoms. The molecule has 44 heavy (non-hydrogen) atoms. The molecule has 2 N–H and O–H groups in total. The Bertz CT molecular complexity index is 2010. The van der Waals surface area contributed by atoms with E-state index >= 15 is 0 Å². The molecule has 0 spiro atoms. The largest absolute Gasteiger partial charge is 0.378 e. The Morgan fingerprint density at radius 3 is 2.30 bits per heavy atom. The number of fused-ring (bicyclic) bond motifs is 1. The first kappa shape index (κ1) is 29.4. The van der Waals surface area contributed by atoms with Gasteiger partial charge in [-0.25, -0.2) is 13.1 Å². The zero-order chi connectivity index (χ0) is 30.7. The molecule has 0 radical (unpaired) electrons. The predicted octanol–water partition coefficient (Wildman–Crippen LogP) is 4.99. The van der Waals surface area contributed by atoms with E-state index in [4.69, 9.17) is 16.3 Å². The van der Waals surface area contributed by atoms with Crippen LogP contribution in [0, 0.1) is 0 Å². The molecule has 1 amide bonds. The van der Waals surface area contributed by atoms with Gasteiger partial charge in [-0.05, 0) is 42.0 Å². The molecule has 0 bridgehead atoms. The zero-order valence-electron chi connectivity index (χ0n) is 23.4. The summed E-state index contributed by atoms with van der Waals surface area (Å²) in [7, 11) is -4.08. The molecule has 1 aliphatic heterocycles. The maximum Gasteiger partial charge on any atom is 0.276 e. The highest BCUT2D eigenvalue weighted by molar-refractivity contribution is 7.92. The number of aromatic nitrogens is 2. The van der Waals surface area contributed by atoms with Crippen molar-refractivity contribution in [2.24, 2.45) is 0 Å². The number of sulfonamides is 1. The van der Waals surface area contributed by atoms with Crippen LogP contribution >= 0.6 is 11.6 Å². The highest BCUT2D eigenvalue weighted by Crippen LogP contribution is 2.32. The molecule has 5 aromatic rings. The number of halogens is 1. The van der Waals surface area contributed by atoms with E-state index in [1.54, 1.807) is 54.6 Å². The first-order chi connectivity index (χ1) is 21.3. The number of anilines is 3. The molecule has 0 saturated carbocycles. The van der Waals surface area contributed by atoms with Gasteiger partial charge in [0, 0.05) is 18.5 Å². The molecule has 10 nitrogen and oxygen atoms in total. The number of carbonyl (C=O) groups is 1. The number of hydrogen-bond acceptors (Lipinski definition) is 7. The molecule has 1 aromatic heterocycles. The van der Waals surface area contributed by atoms with Crippen LogP contribution in [0.2, 0.25) is 5.02 Å². The number of morpholine rings is 1. The Hall–Kier alpha value is -4.71. The number of para-hydroxylation sites is 1. The van der Waals surface area contributed by atoms with Gasteiger partial charge in [-0.15, -0.1) is 0 Å². The Morgan fingerprint density at radius 1 is 0.864 bits per heavy atom. The topological polar surface area (TPSA) is 123 Å². The second kappa shape index (κ2) is 12.5. The van der Waals surface area contributed by atoms with Crippen molar-refractivity contribution in [2.45, 2.75) is 11.4 Å². The van der Waals surface area contributed by atoms with Gasteiger partial charge in [0.25, 0.3) is 21.5 Å². The summed E-state index contributed by atoms with van der Waals surface area (Å²) in [5.74, 6) is -0.592. The maximum absolute atomic E-state index is 14.0. The van der Waals surface area contributed by atoms with E-state index in [2.05, 4.69) is 15.1 Å². The van der Waals surface area contributed by atoms with Gasteiger partial charge in [0.1, 0.15) is 0 Å². The van der Waals surface area contributed by atoms with Crippen molar-refractivity contribution in [3.8, 4) is 0 Å². The summed E-state index contributed by atoms with van der Waals surface area (Å²) in [6, 6.07) is 27.2. The molecule has 0 unspecified atom stereocenters. The lowest BCUT2D eigenvalue weighted by molar-refractivity contribution is 0.102. The van der Waals surface area contributed by atoms with E-state index < -0.39 is 15.9 Å². The van der Waals surface area contributed by atoms with Gasteiger partial charge < -0.3 is 15.0 Å². The van der Waals surface area contributed by atoms with Crippen molar-refractivity contribution in [2.75, 3.05) is 41.2 Å². The number of amides is 1. The van der Waals surface area contributed by atoms with Gasteiger partial charge in [0.05, 0.1) is 52.1 Å². The van der Waals surface area contributed by atoms with Crippen molar-refractivity contribution in [3.63, 3.8) is 0 Å². The number of ether oxygens (including phenoxy) is 1. The van der Waals surface area contributed by atoms with Crippen molar-refractivity contribution in [1.29, 1.82) is 0 Å². The monoisotopic (exact) mass is 629 g/mol. The third-order valence-corrected chi connectivity index (χ3v) is 8.95. The Labute approximate surface area is 258 Å². The number of benzene rings is 4. The highest BCUT2D eigenvalue weighted by atomic mass is 35.5. The molecule has 2 heterocycles. The van der Waals surface area contributed by atoms with Gasteiger partial charge >= 0.3 is 0 Å². The normalized spacial score (nSPS) is 13.5. The number of carbonyl (C=O) groups excluding carboxylic acids is 1. The van der Waals surface area contributed by atoms with Crippen LogP contribution in [0.5, 0.6) is 0 Å². The minimum absolute atomic E-state index is 0.0338. The molecular formula is C32H28ClN5O5S. The summed E-state index contributed by atoms with van der Waals surface area (Å²) in [4.78, 5) is 29.2. The van der Waals surface area contributed by atoms with Crippen LogP contribution in [0.4, 0.5) is 17.1 Å². The molecule has 1 saturated heterocycles. The predicted molar refractivity (Wildman–Crippen MR) is 171 cm³/mol. The smallest absolute Gasteiger partial charge is 0.276 e. The second-order valence-corrected chi connectivity index (χ2v) is 12.3. The summed E-state index contributed by atoms with van der Waals surface area (Å²) < 4.78 is 36.1. The number of hydrogen-bond donors (Lipinski definition) is 2. The van der Waals surface area contributed by atoms with Crippen LogP contribution in [0.3, 0.4) is 0 Å². The van der Waals surface area contributed by atoms with Crippen LogP contribution in [0.1, 0.15) is 16.1 Å². The van der Waals surface area contributed by atoms with Crippen LogP contribution in [0.25, 0.3) is 10.8 Å². The zero-order valence-corrected chi connectivity index (χ0v) is 25.0. The third-order valence-electron chi connectivity index (χ3n) is 7.25. The number of rotatable bonds is 8. The fourth-order valence-corrected chi connectivity index (χ4v) is 6.40. The molecule has 1 fully saturated rings. The average molecular weight is 630 g/mol. The first-order valence-electron chi connectivity index (χ1n) is 13.9. The second-order valence-electron chi connectivity index (χ2n) is 10.2. The molecule has 6 rings (SSSR count). The van der Waals surface area contributed by atoms with Crippen molar-refractivity contribution in [3.05, 3.63) is 124 Å². The van der Waals surface area contributed by atoms with E-state index in [0.29, 0.717) is 42.8 Å². The lowest BCUT2D eigenvalue weighted by Gasteiger charge is -2.30. The van der Waals surface area contributed by atoms with Gasteiger partial charge in [0.15, 0.2) is 5.69 Å². The SMILES string of the molecule is O=C(Nc1cc(S(=O)(=O)Nc2ccccc2Cl)ccc1N1CCOCC1)c1nn(Cc2ccccc2)c(=O)c2ccccc12. The van der Waals surface area contributed by atoms with Gasteiger partial charge in [-0.3, -0.25) is 14.3 Å². The summed E-state index contributed by atoms with van der Waals surface area (Å²) in [5.41, 5.74) is 1.68.